The first-order valence-electron chi connectivity index (χ1n) is 5.77. The van der Waals surface area contributed by atoms with Crippen molar-refractivity contribution in [3.63, 3.8) is 0 Å². The number of anilines is 1. The number of hydrogen-bond donors (Lipinski definition) is 2. The van der Waals surface area contributed by atoms with Gasteiger partial charge in [-0.05, 0) is 26.7 Å². The zero-order valence-electron chi connectivity index (χ0n) is 11.4. The molecule has 0 saturated heterocycles. The normalized spacial score (nSPS) is 13.4. The summed E-state index contributed by atoms with van der Waals surface area (Å²) in [6, 6.07) is -0.453. The predicted octanol–water partition coefficient (Wildman–Crippen LogP) is 1.87. The number of nitrogen functional groups attached to an aromatic ring is 1. The van der Waals surface area contributed by atoms with Crippen molar-refractivity contribution in [1.29, 1.82) is 0 Å². The molecule has 1 aromatic heterocycles. The summed E-state index contributed by atoms with van der Waals surface area (Å²) in [5.74, 6) is 0.339. The SMILES string of the molecule is CC(C)[C@H](NC(=O)OC(C)(C)C)c1nnc(N)o1. The highest BCUT2D eigenvalue weighted by Gasteiger charge is 2.26. The molecule has 1 heterocycles. The van der Waals surface area contributed by atoms with E-state index in [0.717, 1.165) is 0 Å². The molecule has 0 saturated carbocycles. The molecule has 0 unspecified atom stereocenters. The average molecular weight is 256 g/mol. The van der Waals surface area contributed by atoms with Gasteiger partial charge in [-0.15, -0.1) is 5.10 Å². The Balaban J connectivity index is 2.73. The number of alkyl carbamates (subject to hydrolysis) is 1. The number of nitrogens with one attached hydrogen (secondary N) is 1. The third-order valence-corrected chi connectivity index (χ3v) is 2.06. The lowest BCUT2D eigenvalue weighted by atomic mass is 10.1. The highest BCUT2D eigenvalue weighted by Crippen LogP contribution is 2.21. The van der Waals surface area contributed by atoms with E-state index in [-0.39, 0.29) is 17.8 Å². The van der Waals surface area contributed by atoms with Gasteiger partial charge in [-0.25, -0.2) is 4.79 Å². The average Bonchev–Trinajstić information content (AvgIpc) is 2.57. The van der Waals surface area contributed by atoms with Gasteiger partial charge in [0.1, 0.15) is 11.6 Å². The molecule has 102 valence electrons. The van der Waals surface area contributed by atoms with E-state index in [1.54, 1.807) is 20.8 Å². The van der Waals surface area contributed by atoms with Gasteiger partial charge in [0.15, 0.2) is 0 Å². The molecule has 0 aliphatic rings. The van der Waals surface area contributed by atoms with Gasteiger partial charge >= 0.3 is 12.1 Å². The zero-order valence-corrected chi connectivity index (χ0v) is 11.4. The summed E-state index contributed by atoms with van der Waals surface area (Å²) < 4.78 is 10.3. The highest BCUT2D eigenvalue weighted by molar-refractivity contribution is 5.68. The number of aromatic nitrogens is 2. The monoisotopic (exact) mass is 256 g/mol. The summed E-state index contributed by atoms with van der Waals surface area (Å²) in [7, 11) is 0. The molecule has 1 rings (SSSR count). The molecule has 0 spiro atoms. The lowest BCUT2D eigenvalue weighted by Crippen LogP contribution is -2.37. The number of nitrogens with zero attached hydrogens (tertiary/aromatic N) is 2. The molecule has 0 aliphatic heterocycles. The minimum Gasteiger partial charge on any atom is -0.444 e. The number of amides is 1. The van der Waals surface area contributed by atoms with Crippen molar-refractivity contribution in [2.45, 2.75) is 46.3 Å². The molecule has 3 N–H and O–H groups in total. The predicted molar refractivity (Wildman–Crippen MR) is 65.7 cm³/mol. The Morgan fingerprint density at radius 2 is 2.00 bits per heavy atom. The van der Waals surface area contributed by atoms with Crippen LogP contribution in [0.1, 0.15) is 46.6 Å². The van der Waals surface area contributed by atoms with Crippen molar-refractivity contribution in [2.75, 3.05) is 5.73 Å². The molecular weight excluding hydrogens is 236 g/mol. The first kappa shape index (κ1) is 14.3. The van der Waals surface area contributed by atoms with E-state index < -0.39 is 17.7 Å². The summed E-state index contributed by atoms with van der Waals surface area (Å²) in [6.45, 7) is 9.22. The fraction of sp³-hybridized carbons (Fsp3) is 0.727. The van der Waals surface area contributed by atoms with Crippen molar-refractivity contribution < 1.29 is 13.9 Å². The van der Waals surface area contributed by atoms with Gasteiger partial charge in [0.2, 0.25) is 5.89 Å². The topological polar surface area (TPSA) is 103 Å². The number of ether oxygens (including phenoxy) is 1. The molecule has 18 heavy (non-hydrogen) atoms. The van der Waals surface area contributed by atoms with Crippen LogP contribution >= 0.6 is 0 Å². The molecule has 0 fully saturated rings. The second-order valence-corrected chi connectivity index (χ2v) is 5.35. The van der Waals surface area contributed by atoms with E-state index in [4.69, 9.17) is 14.9 Å². The van der Waals surface area contributed by atoms with Gasteiger partial charge in [-0.3, -0.25) is 0 Å². The third kappa shape index (κ3) is 4.23. The molecule has 1 atom stereocenters. The van der Waals surface area contributed by atoms with Crippen molar-refractivity contribution >= 4 is 12.1 Å². The quantitative estimate of drug-likeness (QED) is 0.855. The highest BCUT2D eigenvalue weighted by atomic mass is 16.6. The Hall–Kier alpha value is -1.79. The second kappa shape index (κ2) is 5.24. The van der Waals surface area contributed by atoms with Crippen LogP contribution in [0.5, 0.6) is 0 Å². The molecule has 0 aromatic carbocycles. The number of carbonyl (C=O) groups is 1. The van der Waals surface area contributed by atoms with E-state index in [9.17, 15) is 4.79 Å². The largest absolute Gasteiger partial charge is 0.444 e. The van der Waals surface area contributed by atoms with E-state index in [0.29, 0.717) is 0 Å². The third-order valence-electron chi connectivity index (χ3n) is 2.06. The summed E-state index contributed by atoms with van der Waals surface area (Å²) in [4.78, 5) is 11.7. The maximum absolute atomic E-state index is 11.7. The Kier molecular flexibility index (Phi) is 4.15. The minimum absolute atomic E-state index is 0.0263. The standard InChI is InChI=1S/C11H20N4O3/c1-6(2)7(8-14-15-9(12)17-8)13-10(16)18-11(3,4)5/h6-7H,1-5H3,(H2,12,15)(H,13,16)/t7-/m0/s1. The summed E-state index contributed by atoms with van der Waals surface area (Å²) in [5, 5.41) is 10.0. The van der Waals surface area contributed by atoms with Crippen LogP contribution in [0.15, 0.2) is 4.42 Å². The molecule has 0 radical (unpaired) electrons. The van der Waals surface area contributed by atoms with E-state index in [1.165, 1.54) is 0 Å². The lowest BCUT2D eigenvalue weighted by Gasteiger charge is -2.23. The Morgan fingerprint density at radius 1 is 1.39 bits per heavy atom. The Labute approximate surface area is 106 Å². The fourth-order valence-electron chi connectivity index (χ4n) is 1.32. The first-order chi connectivity index (χ1) is 8.19. The van der Waals surface area contributed by atoms with Gasteiger partial charge in [-0.2, -0.15) is 0 Å². The smallest absolute Gasteiger partial charge is 0.408 e. The molecule has 0 bridgehead atoms. The van der Waals surface area contributed by atoms with Crippen LogP contribution in [0, 0.1) is 5.92 Å². The second-order valence-electron chi connectivity index (χ2n) is 5.35. The summed E-state index contributed by atoms with van der Waals surface area (Å²) in [6.07, 6.45) is -0.530. The van der Waals surface area contributed by atoms with Gasteiger partial charge in [0.25, 0.3) is 0 Å². The number of rotatable bonds is 3. The number of carbonyl (C=O) groups excluding carboxylic acids is 1. The molecule has 1 aromatic rings. The van der Waals surface area contributed by atoms with Crippen LogP contribution in [0.3, 0.4) is 0 Å². The van der Waals surface area contributed by atoms with Crippen molar-refractivity contribution in [3.8, 4) is 0 Å². The van der Waals surface area contributed by atoms with Crippen LogP contribution in [0.4, 0.5) is 10.8 Å². The van der Waals surface area contributed by atoms with Crippen molar-refractivity contribution in [1.82, 2.24) is 15.5 Å². The Morgan fingerprint density at radius 3 is 2.39 bits per heavy atom. The Bertz CT molecular complexity index is 409. The van der Waals surface area contributed by atoms with Crippen LogP contribution in [0.25, 0.3) is 0 Å². The molecule has 7 heteroatoms. The van der Waals surface area contributed by atoms with Gasteiger partial charge in [-0.1, -0.05) is 18.9 Å². The van der Waals surface area contributed by atoms with Gasteiger partial charge in [0, 0.05) is 0 Å². The van der Waals surface area contributed by atoms with Crippen LogP contribution in [-0.2, 0) is 4.74 Å². The zero-order chi connectivity index (χ0) is 13.9. The number of nitrogens with two attached hydrogens (primary N) is 1. The van der Waals surface area contributed by atoms with E-state index in [2.05, 4.69) is 15.5 Å². The van der Waals surface area contributed by atoms with Crippen molar-refractivity contribution in [3.05, 3.63) is 5.89 Å². The molecule has 7 nitrogen and oxygen atoms in total. The summed E-state index contributed by atoms with van der Waals surface area (Å²) >= 11 is 0. The van der Waals surface area contributed by atoms with Crippen LogP contribution < -0.4 is 11.1 Å². The maximum atomic E-state index is 11.7. The number of hydrogen-bond acceptors (Lipinski definition) is 6. The van der Waals surface area contributed by atoms with Crippen LogP contribution in [0.2, 0.25) is 0 Å². The fourth-order valence-corrected chi connectivity index (χ4v) is 1.32. The van der Waals surface area contributed by atoms with Crippen LogP contribution in [-0.4, -0.2) is 21.9 Å². The first-order valence-corrected chi connectivity index (χ1v) is 5.77. The lowest BCUT2D eigenvalue weighted by molar-refractivity contribution is 0.0479. The van der Waals surface area contributed by atoms with E-state index in [1.807, 2.05) is 13.8 Å². The van der Waals surface area contributed by atoms with E-state index >= 15 is 0 Å². The minimum atomic E-state index is -0.556. The van der Waals surface area contributed by atoms with Crippen molar-refractivity contribution in [2.24, 2.45) is 5.92 Å². The molecular formula is C11H20N4O3. The molecule has 1 amide bonds. The summed E-state index contributed by atoms with van der Waals surface area (Å²) in [5.41, 5.74) is 4.81. The molecule has 0 aliphatic carbocycles. The van der Waals surface area contributed by atoms with Gasteiger partial charge in [0.05, 0.1) is 0 Å². The maximum Gasteiger partial charge on any atom is 0.408 e. The van der Waals surface area contributed by atoms with Gasteiger partial charge < -0.3 is 20.2 Å².